The largest absolute Gasteiger partial charge is 0.368 e. The fourth-order valence-corrected chi connectivity index (χ4v) is 3.21. The summed E-state index contributed by atoms with van der Waals surface area (Å²) >= 11 is 0. The number of nitrogens with zero attached hydrogens (tertiary/aromatic N) is 5. The first-order chi connectivity index (χ1) is 13.6. The number of benzene rings is 2. The first-order valence-corrected chi connectivity index (χ1v) is 9.07. The lowest BCUT2D eigenvalue weighted by atomic mass is 10.2. The van der Waals surface area contributed by atoms with Crippen LogP contribution in [0, 0.1) is 18.6 Å². The third-order valence-corrected chi connectivity index (χ3v) is 4.67. The Labute approximate surface area is 161 Å². The first kappa shape index (κ1) is 18.1. The summed E-state index contributed by atoms with van der Waals surface area (Å²) in [6.07, 6.45) is 1.41. The number of piperazine rings is 1. The van der Waals surface area contributed by atoms with Crippen molar-refractivity contribution < 1.29 is 8.78 Å². The summed E-state index contributed by atoms with van der Waals surface area (Å²) in [5.74, 6) is -0.476. The van der Waals surface area contributed by atoms with Crippen LogP contribution >= 0.6 is 0 Å². The molecule has 0 unspecified atom stereocenters. The third kappa shape index (κ3) is 4.00. The van der Waals surface area contributed by atoms with Gasteiger partial charge in [-0.15, -0.1) is 5.10 Å². The molecule has 3 aromatic rings. The molecular formula is C20H20F2N6. The lowest BCUT2D eigenvalue weighted by Gasteiger charge is -2.36. The van der Waals surface area contributed by atoms with Gasteiger partial charge in [0.2, 0.25) is 5.95 Å². The molecule has 1 saturated heterocycles. The molecule has 6 nitrogen and oxygen atoms in total. The van der Waals surface area contributed by atoms with Crippen molar-refractivity contribution in [1.82, 2.24) is 15.2 Å². The summed E-state index contributed by atoms with van der Waals surface area (Å²) in [5, 5.41) is 10.9. The smallest absolute Gasteiger partial charge is 0.247 e. The van der Waals surface area contributed by atoms with Gasteiger partial charge in [0.1, 0.15) is 11.6 Å². The van der Waals surface area contributed by atoms with Crippen LogP contribution in [-0.2, 0) is 0 Å². The van der Waals surface area contributed by atoms with Gasteiger partial charge in [-0.25, -0.2) is 8.78 Å². The average molecular weight is 382 g/mol. The molecule has 1 aromatic heterocycles. The maximum Gasteiger partial charge on any atom is 0.247 e. The Kier molecular flexibility index (Phi) is 5.01. The molecule has 1 N–H and O–H groups in total. The van der Waals surface area contributed by atoms with E-state index in [2.05, 4.69) is 56.6 Å². The molecule has 0 spiro atoms. The van der Waals surface area contributed by atoms with E-state index in [0.29, 0.717) is 11.8 Å². The third-order valence-electron chi connectivity index (χ3n) is 4.67. The molecule has 2 aromatic carbocycles. The minimum absolute atomic E-state index is 0.136. The fraction of sp³-hybridized carbons (Fsp3) is 0.250. The molecule has 0 amide bonds. The van der Waals surface area contributed by atoms with E-state index in [1.165, 1.54) is 29.6 Å². The summed E-state index contributed by atoms with van der Waals surface area (Å²) in [6.45, 7) is 5.28. The normalized spacial score (nSPS) is 14.2. The summed E-state index contributed by atoms with van der Waals surface area (Å²) in [5.41, 5.74) is 2.58. The van der Waals surface area contributed by atoms with Crippen LogP contribution in [0.3, 0.4) is 0 Å². The fourth-order valence-electron chi connectivity index (χ4n) is 3.21. The number of aromatic nitrogens is 3. The molecule has 0 bridgehead atoms. The molecule has 0 saturated carbocycles. The van der Waals surface area contributed by atoms with Crippen LogP contribution < -0.4 is 15.1 Å². The number of hydrogen-bond donors (Lipinski definition) is 1. The van der Waals surface area contributed by atoms with E-state index in [9.17, 15) is 8.78 Å². The van der Waals surface area contributed by atoms with Crippen molar-refractivity contribution in [2.45, 2.75) is 6.92 Å². The van der Waals surface area contributed by atoms with Crippen molar-refractivity contribution in [3.8, 4) is 0 Å². The number of hydrogen-bond acceptors (Lipinski definition) is 6. The Hall–Kier alpha value is -3.29. The molecule has 1 aliphatic rings. The predicted octanol–water partition coefficient (Wildman–Crippen LogP) is 3.53. The van der Waals surface area contributed by atoms with Crippen molar-refractivity contribution in [2.24, 2.45) is 0 Å². The van der Waals surface area contributed by atoms with E-state index in [1.807, 2.05) is 4.90 Å². The minimum Gasteiger partial charge on any atom is -0.368 e. The second kappa shape index (κ2) is 7.75. The maximum absolute atomic E-state index is 13.8. The van der Waals surface area contributed by atoms with Gasteiger partial charge in [0.05, 0.1) is 11.9 Å². The number of aryl methyl sites for hydroxylation is 1. The quantitative estimate of drug-likeness (QED) is 0.745. The lowest BCUT2D eigenvalue weighted by molar-refractivity contribution is 0.586. The van der Waals surface area contributed by atoms with Gasteiger partial charge in [0.25, 0.3) is 0 Å². The van der Waals surface area contributed by atoms with Gasteiger partial charge in [0, 0.05) is 37.9 Å². The molecule has 2 heterocycles. The van der Waals surface area contributed by atoms with Crippen LogP contribution in [0.25, 0.3) is 0 Å². The number of halogens is 2. The number of anilines is 4. The van der Waals surface area contributed by atoms with Gasteiger partial charge < -0.3 is 15.1 Å². The van der Waals surface area contributed by atoms with Crippen molar-refractivity contribution >= 4 is 23.1 Å². The van der Waals surface area contributed by atoms with Crippen molar-refractivity contribution in [1.29, 1.82) is 0 Å². The predicted molar refractivity (Wildman–Crippen MR) is 105 cm³/mol. The minimum atomic E-state index is -0.688. The van der Waals surface area contributed by atoms with Crippen molar-refractivity contribution in [2.75, 3.05) is 41.3 Å². The van der Waals surface area contributed by atoms with Crippen LogP contribution in [0.1, 0.15) is 5.56 Å². The Morgan fingerprint density at radius 2 is 1.75 bits per heavy atom. The number of nitrogens with one attached hydrogen (secondary N) is 1. The van der Waals surface area contributed by atoms with Crippen LogP contribution in [0.4, 0.5) is 31.9 Å². The second-order valence-electron chi connectivity index (χ2n) is 6.70. The van der Waals surface area contributed by atoms with E-state index < -0.39 is 11.6 Å². The zero-order valence-electron chi connectivity index (χ0n) is 15.4. The van der Waals surface area contributed by atoms with E-state index >= 15 is 0 Å². The summed E-state index contributed by atoms with van der Waals surface area (Å²) in [6, 6.07) is 11.8. The standard InChI is InChI=1S/C20H20F2N6/c1-14-3-2-4-16(11-14)27-7-9-28(10-8-27)20-25-19(13-23-26-20)24-18-6-5-15(21)12-17(18)22/h2-6,11-13H,7-10H2,1H3,(H,24,25,26). The van der Waals surface area contributed by atoms with Gasteiger partial charge in [-0.2, -0.15) is 10.1 Å². The van der Waals surface area contributed by atoms with Crippen molar-refractivity contribution in [3.63, 3.8) is 0 Å². The molecular weight excluding hydrogens is 362 g/mol. The van der Waals surface area contributed by atoms with Crippen LogP contribution in [-0.4, -0.2) is 41.4 Å². The number of rotatable bonds is 4. The average Bonchev–Trinajstić information content (AvgIpc) is 2.71. The van der Waals surface area contributed by atoms with Gasteiger partial charge in [-0.05, 0) is 36.8 Å². The summed E-state index contributed by atoms with van der Waals surface area (Å²) in [7, 11) is 0. The van der Waals surface area contributed by atoms with Crippen LogP contribution in [0.5, 0.6) is 0 Å². The SMILES string of the molecule is Cc1cccc(N2CCN(c3nncc(Nc4ccc(F)cc4F)n3)CC2)c1. The molecule has 1 fully saturated rings. The highest BCUT2D eigenvalue weighted by Gasteiger charge is 2.20. The van der Waals surface area contributed by atoms with Gasteiger partial charge in [-0.1, -0.05) is 12.1 Å². The summed E-state index contributed by atoms with van der Waals surface area (Å²) in [4.78, 5) is 8.80. The maximum atomic E-state index is 13.8. The molecule has 0 atom stereocenters. The van der Waals surface area contributed by atoms with Crippen LogP contribution in [0.15, 0.2) is 48.7 Å². The lowest BCUT2D eigenvalue weighted by Crippen LogP contribution is -2.47. The van der Waals surface area contributed by atoms with E-state index in [-0.39, 0.29) is 5.69 Å². The second-order valence-corrected chi connectivity index (χ2v) is 6.70. The molecule has 28 heavy (non-hydrogen) atoms. The first-order valence-electron chi connectivity index (χ1n) is 9.07. The van der Waals surface area contributed by atoms with Crippen LogP contribution in [0.2, 0.25) is 0 Å². The highest BCUT2D eigenvalue weighted by atomic mass is 19.1. The van der Waals surface area contributed by atoms with Gasteiger partial charge in [-0.3, -0.25) is 0 Å². The highest BCUT2D eigenvalue weighted by Crippen LogP contribution is 2.22. The van der Waals surface area contributed by atoms with Gasteiger partial charge in [0.15, 0.2) is 5.82 Å². The highest BCUT2D eigenvalue weighted by molar-refractivity contribution is 5.57. The Morgan fingerprint density at radius 3 is 2.50 bits per heavy atom. The summed E-state index contributed by atoms with van der Waals surface area (Å²) < 4.78 is 26.9. The topological polar surface area (TPSA) is 57.2 Å². The molecule has 144 valence electrons. The van der Waals surface area contributed by atoms with E-state index in [4.69, 9.17) is 0 Å². The Morgan fingerprint density at radius 1 is 0.964 bits per heavy atom. The molecule has 0 aliphatic carbocycles. The van der Waals surface area contributed by atoms with E-state index in [1.54, 1.807) is 0 Å². The Bertz CT molecular complexity index is 972. The zero-order chi connectivity index (χ0) is 19.5. The van der Waals surface area contributed by atoms with Gasteiger partial charge >= 0.3 is 0 Å². The molecule has 0 radical (unpaired) electrons. The molecule has 8 heteroatoms. The monoisotopic (exact) mass is 382 g/mol. The van der Waals surface area contributed by atoms with Crippen molar-refractivity contribution in [3.05, 3.63) is 65.9 Å². The van der Waals surface area contributed by atoms with E-state index in [0.717, 1.165) is 32.2 Å². The molecule has 4 rings (SSSR count). The molecule has 1 aliphatic heterocycles. The Balaban J connectivity index is 1.44. The zero-order valence-corrected chi connectivity index (χ0v) is 15.4.